The summed E-state index contributed by atoms with van der Waals surface area (Å²) in [7, 11) is 3.86. The second kappa shape index (κ2) is 9.51. The summed E-state index contributed by atoms with van der Waals surface area (Å²) in [6.45, 7) is 3.93. The van der Waals surface area contributed by atoms with E-state index in [0.29, 0.717) is 43.1 Å². The molecule has 0 saturated carbocycles. The normalized spacial score (nSPS) is 14.2. The molecule has 0 spiro atoms. The van der Waals surface area contributed by atoms with Crippen LogP contribution in [0.15, 0.2) is 54.9 Å². The zero-order valence-corrected chi connectivity index (χ0v) is 20.8. The number of aromatic nitrogens is 4. The summed E-state index contributed by atoms with van der Waals surface area (Å²) in [4.78, 5) is 24.3. The van der Waals surface area contributed by atoms with Crippen molar-refractivity contribution in [3.05, 3.63) is 71.7 Å². The molecule has 37 heavy (non-hydrogen) atoms. The molecule has 4 heterocycles. The zero-order valence-electron chi connectivity index (χ0n) is 20.8. The summed E-state index contributed by atoms with van der Waals surface area (Å²) in [6.07, 6.45) is 2.57. The number of hydrogen-bond acceptors (Lipinski definition) is 4. The first-order chi connectivity index (χ1) is 17.6. The van der Waals surface area contributed by atoms with Crippen molar-refractivity contribution >= 4 is 16.9 Å². The van der Waals surface area contributed by atoms with Gasteiger partial charge in [-0.1, -0.05) is 18.2 Å². The summed E-state index contributed by atoms with van der Waals surface area (Å²) in [5.41, 5.74) is 4.65. The van der Waals surface area contributed by atoms with Crippen LogP contribution in [-0.2, 0) is 24.1 Å². The van der Waals surface area contributed by atoms with E-state index < -0.39 is 11.7 Å². The fraction of sp³-hybridized carbons (Fsp3) is 0.296. The fourth-order valence-corrected chi connectivity index (χ4v) is 4.71. The minimum Gasteiger partial charge on any atom is -0.346 e. The molecule has 4 aromatic rings. The van der Waals surface area contributed by atoms with Gasteiger partial charge < -0.3 is 14.8 Å². The lowest BCUT2D eigenvalue weighted by atomic mass is 9.95. The summed E-state index contributed by atoms with van der Waals surface area (Å²) in [5, 5.41) is 5.75. The van der Waals surface area contributed by atoms with Crippen LogP contribution in [0.5, 0.6) is 0 Å². The smallest absolute Gasteiger partial charge is 0.346 e. The van der Waals surface area contributed by atoms with Crippen molar-refractivity contribution in [1.82, 2.24) is 29.5 Å². The lowest BCUT2D eigenvalue weighted by Crippen LogP contribution is -2.37. The van der Waals surface area contributed by atoms with E-state index in [1.165, 1.54) is 12.1 Å². The molecular formula is C27H27F3N6O. The molecule has 3 aromatic heterocycles. The van der Waals surface area contributed by atoms with Gasteiger partial charge in [-0.2, -0.15) is 18.3 Å². The van der Waals surface area contributed by atoms with Crippen LogP contribution in [0.3, 0.4) is 0 Å². The standard InChI is InChI=1S/C27H27F3N6O/c1-17-15-32-26-23(17)20(10-11-31-26)24-21-16-35(22(37)5-4-12-34(2)3)13-14-36(21)33-25(24)18-6-8-19(9-7-18)27(28,29)30/h4-11,15H,12-14,16H2,1-3H3,(H,31,32)/b5-4+. The molecule has 0 bridgehead atoms. The monoisotopic (exact) mass is 508 g/mol. The molecule has 192 valence electrons. The predicted molar refractivity (Wildman–Crippen MR) is 136 cm³/mol. The molecule has 7 nitrogen and oxygen atoms in total. The third-order valence-corrected chi connectivity index (χ3v) is 6.55. The summed E-state index contributed by atoms with van der Waals surface area (Å²) in [5.74, 6) is -0.0889. The van der Waals surface area contributed by atoms with Crippen molar-refractivity contribution in [2.45, 2.75) is 26.2 Å². The maximum absolute atomic E-state index is 13.2. The van der Waals surface area contributed by atoms with Crippen LogP contribution in [0.25, 0.3) is 33.4 Å². The lowest BCUT2D eigenvalue weighted by Gasteiger charge is -2.27. The van der Waals surface area contributed by atoms with Crippen LogP contribution >= 0.6 is 0 Å². The van der Waals surface area contributed by atoms with Gasteiger partial charge in [0.15, 0.2) is 0 Å². The van der Waals surface area contributed by atoms with Crippen molar-refractivity contribution in [2.75, 3.05) is 27.2 Å². The first-order valence-corrected chi connectivity index (χ1v) is 11.9. The van der Waals surface area contributed by atoms with E-state index in [1.54, 1.807) is 17.2 Å². The Kier molecular flexibility index (Phi) is 6.36. The Morgan fingerprint density at radius 3 is 2.62 bits per heavy atom. The van der Waals surface area contributed by atoms with Gasteiger partial charge in [-0.15, -0.1) is 0 Å². The number of pyridine rings is 1. The SMILES string of the molecule is Cc1c[nH]c2nccc(-c3c(-c4ccc(C(F)(F)F)cc4)nn4c3CN(C(=O)/C=C/CN(C)C)CC4)c12. The lowest BCUT2D eigenvalue weighted by molar-refractivity contribution is -0.137. The number of carbonyl (C=O) groups excluding carboxylic acids is 1. The van der Waals surface area contributed by atoms with Gasteiger partial charge in [0.1, 0.15) is 11.3 Å². The number of fused-ring (bicyclic) bond motifs is 2. The first kappa shape index (κ1) is 24.8. The number of nitrogens with one attached hydrogen (secondary N) is 1. The largest absolute Gasteiger partial charge is 0.416 e. The van der Waals surface area contributed by atoms with Gasteiger partial charge in [0.25, 0.3) is 0 Å². The van der Waals surface area contributed by atoms with Gasteiger partial charge in [0.05, 0.1) is 24.3 Å². The fourth-order valence-electron chi connectivity index (χ4n) is 4.71. The number of hydrogen-bond donors (Lipinski definition) is 1. The Morgan fingerprint density at radius 2 is 1.92 bits per heavy atom. The van der Waals surface area contributed by atoms with Crippen LogP contribution in [0.4, 0.5) is 13.2 Å². The van der Waals surface area contributed by atoms with Gasteiger partial charge in [0, 0.05) is 48.1 Å². The quantitative estimate of drug-likeness (QED) is 0.390. The van der Waals surface area contributed by atoms with E-state index in [-0.39, 0.29) is 5.91 Å². The van der Waals surface area contributed by atoms with E-state index >= 15 is 0 Å². The molecule has 0 radical (unpaired) electrons. The van der Waals surface area contributed by atoms with Crippen molar-refractivity contribution in [1.29, 1.82) is 0 Å². The van der Waals surface area contributed by atoms with Crippen molar-refractivity contribution in [3.63, 3.8) is 0 Å². The number of H-pyrrole nitrogens is 1. The molecule has 1 aromatic carbocycles. The molecule has 1 N–H and O–H groups in total. The Bertz CT molecular complexity index is 1480. The number of nitrogens with zero attached hydrogens (tertiary/aromatic N) is 5. The number of aryl methyl sites for hydroxylation is 1. The van der Waals surface area contributed by atoms with E-state index in [2.05, 4.69) is 9.97 Å². The molecule has 0 atom stereocenters. The number of aromatic amines is 1. The Balaban J connectivity index is 1.63. The summed E-state index contributed by atoms with van der Waals surface area (Å²) < 4.78 is 41.5. The predicted octanol–water partition coefficient (Wildman–Crippen LogP) is 4.88. The van der Waals surface area contributed by atoms with Crippen molar-refractivity contribution < 1.29 is 18.0 Å². The molecule has 1 amide bonds. The maximum Gasteiger partial charge on any atom is 0.416 e. The summed E-state index contributed by atoms with van der Waals surface area (Å²) in [6, 6.07) is 6.96. The van der Waals surface area contributed by atoms with Gasteiger partial charge in [-0.25, -0.2) is 4.98 Å². The minimum atomic E-state index is -4.42. The second-order valence-corrected chi connectivity index (χ2v) is 9.45. The van der Waals surface area contributed by atoms with Crippen molar-refractivity contribution in [3.8, 4) is 22.4 Å². The van der Waals surface area contributed by atoms with Gasteiger partial charge in [-0.05, 0) is 50.3 Å². The topological polar surface area (TPSA) is 70.0 Å². The highest BCUT2D eigenvalue weighted by molar-refractivity contribution is 6.00. The Hall–Kier alpha value is -3.92. The second-order valence-electron chi connectivity index (χ2n) is 9.45. The van der Waals surface area contributed by atoms with Crippen LogP contribution in [-0.4, -0.2) is 62.6 Å². The third-order valence-electron chi connectivity index (χ3n) is 6.55. The maximum atomic E-state index is 13.2. The van der Waals surface area contributed by atoms with Crippen LogP contribution in [0, 0.1) is 6.92 Å². The average Bonchev–Trinajstić information content (AvgIpc) is 3.43. The Labute approximate surface area is 212 Å². The zero-order chi connectivity index (χ0) is 26.3. The van der Waals surface area contributed by atoms with Crippen LogP contribution in [0.2, 0.25) is 0 Å². The minimum absolute atomic E-state index is 0.0889. The van der Waals surface area contributed by atoms with E-state index in [1.807, 2.05) is 48.9 Å². The molecule has 0 unspecified atom stereocenters. The molecule has 1 aliphatic rings. The third kappa shape index (κ3) is 4.76. The molecular weight excluding hydrogens is 481 g/mol. The number of halogens is 3. The number of amides is 1. The van der Waals surface area contributed by atoms with E-state index in [4.69, 9.17) is 5.10 Å². The highest BCUT2D eigenvalue weighted by atomic mass is 19.4. The van der Waals surface area contributed by atoms with Crippen LogP contribution < -0.4 is 0 Å². The van der Waals surface area contributed by atoms with Gasteiger partial charge in [0.2, 0.25) is 5.91 Å². The number of benzene rings is 1. The Morgan fingerprint density at radius 1 is 1.16 bits per heavy atom. The number of alkyl halides is 3. The number of carbonyl (C=O) groups is 1. The molecule has 5 rings (SSSR count). The average molecular weight is 509 g/mol. The van der Waals surface area contributed by atoms with Gasteiger partial charge >= 0.3 is 6.18 Å². The number of rotatable bonds is 5. The molecule has 0 aliphatic carbocycles. The highest BCUT2D eigenvalue weighted by Gasteiger charge is 2.32. The first-order valence-electron chi connectivity index (χ1n) is 11.9. The van der Waals surface area contributed by atoms with E-state index in [0.717, 1.165) is 39.9 Å². The molecule has 0 fully saturated rings. The summed E-state index contributed by atoms with van der Waals surface area (Å²) >= 11 is 0. The molecule has 1 aliphatic heterocycles. The van der Waals surface area contributed by atoms with E-state index in [9.17, 15) is 18.0 Å². The number of likely N-dealkylation sites (N-methyl/N-ethyl adjacent to an activating group) is 1. The van der Waals surface area contributed by atoms with Gasteiger partial charge in [-0.3, -0.25) is 9.48 Å². The van der Waals surface area contributed by atoms with Crippen LogP contribution in [0.1, 0.15) is 16.8 Å². The van der Waals surface area contributed by atoms with Crippen molar-refractivity contribution in [2.24, 2.45) is 0 Å². The highest BCUT2D eigenvalue weighted by Crippen LogP contribution is 2.41. The molecule has 10 heteroatoms. The molecule has 0 saturated heterocycles.